The molecular weight excluding hydrogens is 442 g/mol. The summed E-state index contributed by atoms with van der Waals surface area (Å²) in [5, 5.41) is 24.4. The first-order valence-corrected chi connectivity index (χ1v) is 9.80. The number of amides is 4. The van der Waals surface area contributed by atoms with Crippen molar-refractivity contribution in [3.8, 4) is 0 Å². The van der Waals surface area contributed by atoms with Gasteiger partial charge in [-0.3, -0.25) is 24.0 Å². The molecule has 0 aromatic heterocycles. The molecule has 0 radical (unpaired) electrons. The smallest absolute Gasteiger partial charge is 0.327 e. The molecule has 0 aliphatic rings. The lowest BCUT2D eigenvalue weighted by Gasteiger charge is -2.24. The number of nitrogens with one attached hydrogen (secondary N) is 3. The molecule has 30 heavy (non-hydrogen) atoms. The summed E-state index contributed by atoms with van der Waals surface area (Å²) in [5.74, 6) is -6.61. The van der Waals surface area contributed by atoms with Gasteiger partial charge in [0.25, 0.3) is 0 Å². The number of rotatable bonds is 14. The molecular formula is C15H25N5O8S2. The minimum Gasteiger partial charge on any atom is -0.481 e. The second-order valence-electron chi connectivity index (χ2n) is 6.10. The first-order chi connectivity index (χ1) is 13.9. The molecule has 9 N–H and O–H groups in total. The number of carbonyl (C=O) groups is 6. The average Bonchev–Trinajstić information content (AvgIpc) is 2.65. The highest BCUT2D eigenvalue weighted by molar-refractivity contribution is 7.80. The molecule has 0 bridgehead atoms. The quantitative estimate of drug-likeness (QED) is 0.115. The van der Waals surface area contributed by atoms with Crippen molar-refractivity contribution in [2.45, 2.75) is 43.4 Å². The van der Waals surface area contributed by atoms with Crippen molar-refractivity contribution in [1.29, 1.82) is 0 Å². The number of carboxylic acid groups (broad SMARTS) is 2. The molecule has 0 heterocycles. The van der Waals surface area contributed by atoms with Gasteiger partial charge in [-0.1, -0.05) is 0 Å². The fourth-order valence-corrected chi connectivity index (χ4v) is 2.55. The van der Waals surface area contributed by atoms with Crippen LogP contribution >= 0.6 is 25.3 Å². The number of carboxylic acids is 2. The first kappa shape index (κ1) is 27.5. The Labute approximate surface area is 182 Å². The van der Waals surface area contributed by atoms with Gasteiger partial charge in [0.1, 0.15) is 18.1 Å². The van der Waals surface area contributed by atoms with E-state index in [0.29, 0.717) is 0 Å². The summed E-state index contributed by atoms with van der Waals surface area (Å²) in [5.41, 5.74) is 10.4. The molecule has 0 aliphatic carbocycles. The van der Waals surface area contributed by atoms with Crippen LogP contribution in [0.25, 0.3) is 0 Å². The lowest BCUT2D eigenvalue weighted by Crippen LogP contribution is -2.58. The predicted octanol–water partition coefficient (Wildman–Crippen LogP) is -3.55. The number of carbonyl (C=O) groups excluding carboxylic acids is 4. The predicted molar refractivity (Wildman–Crippen MR) is 110 cm³/mol. The van der Waals surface area contributed by atoms with Crippen molar-refractivity contribution in [1.82, 2.24) is 16.0 Å². The van der Waals surface area contributed by atoms with Crippen LogP contribution in [0.4, 0.5) is 0 Å². The Kier molecular flexibility index (Phi) is 12.5. The minimum absolute atomic E-state index is 0.220. The van der Waals surface area contributed by atoms with Gasteiger partial charge in [0.2, 0.25) is 23.6 Å². The first-order valence-electron chi connectivity index (χ1n) is 8.54. The van der Waals surface area contributed by atoms with Gasteiger partial charge >= 0.3 is 11.9 Å². The van der Waals surface area contributed by atoms with E-state index in [1.165, 1.54) is 0 Å². The maximum absolute atomic E-state index is 12.4. The Morgan fingerprint density at radius 2 is 1.27 bits per heavy atom. The molecule has 15 heteroatoms. The van der Waals surface area contributed by atoms with Gasteiger partial charge < -0.3 is 37.6 Å². The normalized spacial score (nSPS) is 14.5. The zero-order chi connectivity index (χ0) is 23.4. The fourth-order valence-electron chi connectivity index (χ4n) is 2.05. The van der Waals surface area contributed by atoms with Gasteiger partial charge in [-0.2, -0.15) is 25.3 Å². The molecule has 4 amide bonds. The summed E-state index contributed by atoms with van der Waals surface area (Å²) in [6, 6.07) is -5.36. The van der Waals surface area contributed by atoms with Crippen LogP contribution in [0.1, 0.15) is 19.3 Å². The van der Waals surface area contributed by atoms with Crippen LogP contribution in [-0.4, -0.2) is 81.5 Å². The molecule has 0 aromatic carbocycles. The molecule has 170 valence electrons. The number of aliphatic carboxylic acids is 2. The number of primary amides is 1. The molecule has 0 aliphatic heterocycles. The third-order valence-electron chi connectivity index (χ3n) is 3.65. The Bertz CT molecular complexity index is 677. The van der Waals surface area contributed by atoms with Gasteiger partial charge in [0, 0.05) is 17.9 Å². The van der Waals surface area contributed by atoms with E-state index in [9.17, 15) is 28.8 Å². The van der Waals surface area contributed by atoms with E-state index in [4.69, 9.17) is 21.7 Å². The lowest BCUT2D eigenvalue weighted by atomic mass is 10.1. The average molecular weight is 468 g/mol. The minimum atomic E-state index is -1.41. The van der Waals surface area contributed by atoms with Crippen molar-refractivity contribution < 1.29 is 39.0 Å². The van der Waals surface area contributed by atoms with E-state index < -0.39 is 72.6 Å². The summed E-state index contributed by atoms with van der Waals surface area (Å²) in [6.45, 7) is 0. The van der Waals surface area contributed by atoms with Gasteiger partial charge in [0.05, 0.1) is 12.5 Å². The molecule has 0 saturated heterocycles. The van der Waals surface area contributed by atoms with Crippen molar-refractivity contribution in [2.75, 3.05) is 11.5 Å². The molecule has 4 unspecified atom stereocenters. The van der Waals surface area contributed by atoms with E-state index in [1.807, 2.05) is 0 Å². The molecule has 0 rings (SSSR count). The van der Waals surface area contributed by atoms with Gasteiger partial charge in [0.15, 0.2) is 0 Å². The Morgan fingerprint density at radius 1 is 0.800 bits per heavy atom. The van der Waals surface area contributed by atoms with Crippen LogP contribution in [0, 0.1) is 0 Å². The molecule has 0 fully saturated rings. The van der Waals surface area contributed by atoms with E-state index in [2.05, 4.69) is 41.2 Å². The molecule has 0 aromatic rings. The van der Waals surface area contributed by atoms with E-state index in [1.54, 1.807) is 0 Å². The molecule has 0 spiro atoms. The summed E-state index contributed by atoms with van der Waals surface area (Å²) in [4.78, 5) is 69.4. The second kappa shape index (κ2) is 13.7. The van der Waals surface area contributed by atoms with Crippen LogP contribution in [-0.2, 0) is 28.8 Å². The number of hydrogen-bond acceptors (Lipinski definition) is 9. The molecule has 0 saturated carbocycles. The van der Waals surface area contributed by atoms with Crippen LogP contribution in [0.15, 0.2) is 0 Å². The van der Waals surface area contributed by atoms with Crippen LogP contribution in [0.5, 0.6) is 0 Å². The maximum Gasteiger partial charge on any atom is 0.327 e. The fraction of sp³-hybridized carbons (Fsp3) is 0.600. The maximum atomic E-state index is 12.4. The van der Waals surface area contributed by atoms with E-state index >= 15 is 0 Å². The summed E-state index contributed by atoms with van der Waals surface area (Å²) in [6.07, 6.45) is -1.31. The highest BCUT2D eigenvalue weighted by Gasteiger charge is 2.30. The van der Waals surface area contributed by atoms with Gasteiger partial charge in [-0.25, -0.2) is 4.79 Å². The van der Waals surface area contributed by atoms with Crippen molar-refractivity contribution in [2.24, 2.45) is 11.5 Å². The zero-order valence-electron chi connectivity index (χ0n) is 15.7. The standard InChI is InChI=1S/C15H25N5O8S2/c16-6(3-10(17)21)12(24)19-8(4-29)14(26)18-7(1-2-11(22)23)13(25)20-9(5-30)15(27)28/h6-9,29-30H,1-5,16H2,(H2,17,21)(H,18,26)(H,19,24)(H,20,25)(H,22,23)(H,27,28). The monoisotopic (exact) mass is 467 g/mol. The summed E-state index contributed by atoms with van der Waals surface area (Å²) in [7, 11) is 0. The highest BCUT2D eigenvalue weighted by atomic mass is 32.1. The SMILES string of the molecule is NC(=O)CC(N)C(=O)NC(CS)C(=O)NC(CCC(=O)O)C(=O)NC(CS)C(=O)O. The van der Waals surface area contributed by atoms with Gasteiger partial charge in [-0.05, 0) is 6.42 Å². The van der Waals surface area contributed by atoms with E-state index in [0.717, 1.165) is 0 Å². The van der Waals surface area contributed by atoms with Crippen molar-refractivity contribution in [3.05, 3.63) is 0 Å². The third-order valence-corrected chi connectivity index (χ3v) is 4.38. The van der Waals surface area contributed by atoms with E-state index in [-0.39, 0.29) is 17.9 Å². The van der Waals surface area contributed by atoms with Crippen molar-refractivity contribution >= 4 is 60.8 Å². The Hall–Kier alpha value is -2.52. The number of nitrogens with two attached hydrogens (primary N) is 2. The summed E-state index contributed by atoms with van der Waals surface area (Å²) < 4.78 is 0. The topological polar surface area (TPSA) is 231 Å². The zero-order valence-corrected chi connectivity index (χ0v) is 17.5. The van der Waals surface area contributed by atoms with Crippen LogP contribution in [0.2, 0.25) is 0 Å². The van der Waals surface area contributed by atoms with Crippen LogP contribution < -0.4 is 27.4 Å². The highest BCUT2D eigenvalue weighted by Crippen LogP contribution is 2.02. The van der Waals surface area contributed by atoms with Crippen LogP contribution in [0.3, 0.4) is 0 Å². The second-order valence-corrected chi connectivity index (χ2v) is 6.83. The molecule has 13 nitrogen and oxygen atoms in total. The lowest BCUT2D eigenvalue weighted by molar-refractivity contribution is -0.142. The van der Waals surface area contributed by atoms with Crippen molar-refractivity contribution in [3.63, 3.8) is 0 Å². The third kappa shape index (κ3) is 10.3. The Morgan fingerprint density at radius 3 is 1.70 bits per heavy atom. The summed E-state index contributed by atoms with van der Waals surface area (Å²) >= 11 is 7.74. The Balaban J connectivity index is 5.23. The number of thiol groups is 2. The molecule has 4 atom stereocenters. The van der Waals surface area contributed by atoms with Gasteiger partial charge in [-0.15, -0.1) is 0 Å². The largest absolute Gasteiger partial charge is 0.481 e. The number of hydrogen-bond donors (Lipinski definition) is 9.